The molecular weight excluding hydrogens is 480 g/mol. The average Bonchev–Trinajstić information content (AvgIpc) is 3.45. The fourth-order valence-corrected chi connectivity index (χ4v) is 5.05. The molecule has 4 aromatic heterocycles. The number of hydrogen-bond acceptors (Lipinski definition) is 10. The minimum absolute atomic E-state index is 0.0671. The topological polar surface area (TPSA) is 127 Å². The van der Waals surface area contributed by atoms with Crippen molar-refractivity contribution in [2.24, 2.45) is 14.1 Å². The Morgan fingerprint density at radius 2 is 2.08 bits per heavy atom. The summed E-state index contributed by atoms with van der Waals surface area (Å²) in [4.78, 5) is 24.8. The lowest BCUT2D eigenvalue weighted by Gasteiger charge is -2.18. The first-order valence-corrected chi connectivity index (χ1v) is 12.7. The van der Waals surface area contributed by atoms with Gasteiger partial charge >= 0.3 is 0 Å². The number of aryl methyl sites for hydroxylation is 3. The number of thiophene rings is 1. The van der Waals surface area contributed by atoms with E-state index in [0.717, 1.165) is 60.9 Å². The predicted octanol–water partition coefficient (Wildman–Crippen LogP) is 2.41. The first-order valence-electron chi connectivity index (χ1n) is 11.9. The molecule has 0 bridgehead atoms. The Morgan fingerprint density at radius 1 is 1.19 bits per heavy atom. The summed E-state index contributed by atoms with van der Waals surface area (Å²) < 4.78 is 8.90. The van der Waals surface area contributed by atoms with E-state index < -0.39 is 0 Å². The van der Waals surface area contributed by atoms with E-state index >= 15 is 0 Å². The Balaban J connectivity index is 1.24. The lowest BCUT2D eigenvalue weighted by Crippen LogP contribution is -2.36. The van der Waals surface area contributed by atoms with Crippen LogP contribution in [0.4, 0.5) is 22.5 Å². The number of nitrogens with one attached hydrogen (secondary N) is 3. The molecular formula is C23H30N10O2S. The van der Waals surface area contributed by atoms with Gasteiger partial charge in [0.25, 0.3) is 5.91 Å². The zero-order valence-corrected chi connectivity index (χ0v) is 21.4. The second-order valence-electron chi connectivity index (χ2n) is 8.74. The fraction of sp³-hybridized carbons (Fsp3) is 0.435. The standard InChI is InChI=1S/C23H30N10O2S/c1-15-11-18(21(34)24-5-7-33-6-4-9-35-10-8-33)36-22(15)28-19-17-13-25-23(29-20(17)32(3)30-19)27-16-12-26-31(2)14-16/h11-14H,4-10H2,1-3H3,(H,24,34)(H,28,30)(H,25,27,29). The number of amides is 1. The highest BCUT2D eigenvalue weighted by atomic mass is 32.1. The van der Waals surface area contributed by atoms with Gasteiger partial charge in [-0.05, 0) is 25.0 Å². The molecule has 1 amide bonds. The van der Waals surface area contributed by atoms with Crippen molar-refractivity contribution in [3.8, 4) is 0 Å². The van der Waals surface area contributed by atoms with Crippen molar-refractivity contribution in [2.45, 2.75) is 13.3 Å². The van der Waals surface area contributed by atoms with Crippen LogP contribution >= 0.6 is 11.3 Å². The Kier molecular flexibility index (Phi) is 7.11. The van der Waals surface area contributed by atoms with Crippen LogP contribution in [0.2, 0.25) is 0 Å². The zero-order valence-electron chi connectivity index (χ0n) is 20.6. The van der Waals surface area contributed by atoms with Gasteiger partial charge in [-0.25, -0.2) is 9.67 Å². The second-order valence-corrected chi connectivity index (χ2v) is 9.79. The molecule has 0 saturated carbocycles. The van der Waals surface area contributed by atoms with Gasteiger partial charge in [0.2, 0.25) is 5.95 Å². The minimum Gasteiger partial charge on any atom is -0.380 e. The van der Waals surface area contributed by atoms with Gasteiger partial charge in [-0.15, -0.1) is 11.3 Å². The van der Waals surface area contributed by atoms with Crippen LogP contribution in [-0.2, 0) is 18.8 Å². The van der Waals surface area contributed by atoms with Crippen LogP contribution < -0.4 is 16.0 Å². The fourth-order valence-electron chi connectivity index (χ4n) is 4.07. The number of hydrogen-bond donors (Lipinski definition) is 3. The minimum atomic E-state index is -0.0671. The molecule has 0 spiro atoms. The molecule has 1 aliphatic rings. The van der Waals surface area contributed by atoms with Gasteiger partial charge in [-0.1, -0.05) is 0 Å². The molecule has 0 atom stereocenters. The highest BCUT2D eigenvalue weighted by Crippen LogP contribution is 2.32. The molecule has 0 unspecified atom stereocenters. The maximum absolute atomic E-state index is 12.8. The number of ether oxygens (including phenoxy) is 1. The number of aromatic nitrogens is 6. The molecule has 5 rings (SSSR count). The van der Waals surface area contributed by atoms with E-state index in [1.807, 2.05) is 33.3 Å². The SMILES string of the molecule is Cc1cc(C(=O)NCCN2CCCOCC2)sc1Nc1nn(C)c2nc(Nc3cnn(C)c3)ncc12. The van der Waals surface area contributed by atoms with E-state index in [0.29, 0.717) is 28.8 Å². The summed E-state index contributed by atoms with van der Waals surface area (Å²) >= 11 is 1.41. The van der Waals surface area contributed by atoms with Gasteiger partial charge in [0, 0.05) is 59.3 Å². The molecule has 12 nitrogen and oxygen atoms in total. The molecule has 13 heteroatoms. The number of anilines is 4. The summed E-state index contributed by atoms with van der Waals surface area (Å²) in [6, 6.07) is 1.90. The molecule has 1 aliphatic heterocycles. The predicted molar refractivity (Wildman–Crippen MR) is 139 cm³/mol. The highest BCUT2D eigenvalue weighted by Gasteiger charge is 2.17. The molecule has 5 heterocycles. The number of rotatable bonds is 8. The van der Waals surface area contributed by atoms with Crippen molar-refractivity contribution in [3.05, 3.63) is 35.1 Å². The number of nitrogens with zero attached hydrogens (tertiary/aromatic N) is 7. The Morgan fingerprint density at radius 3 is 2.92 bits per heavy atom. The van der Waals surface area contributed by atoms with Crippen LogP contribution in [0.15, 0.2) is 24.7 Å². The van der Waals surface area contributed by atoms with Crippen molar-refractivity contribution in [1.82, 2.24) is 39.7 Å². The molecule has 1 saturated heterocycles. The van der Waals surface area contributed by atoms with Crippen LogP contribution in [0.5, 0.6) is 0 Å². The Bertz CT molecular complexity index is 1350. The van der Waals surface area contributed by atoms with Crippen LogP contribution in [0.1, 0.15) is 21.7 Å². The monoisotopic (exact) mass is 510 g/mol. The third-order valence-corrected chi connectivity index (χ3v) is 7.09. The Labute approximate surface area is 212 Å². The average molecular weight is 511 g/mol. The van der Waals surface area contributed by atoms with Gasteiger partial charge in [-0.2, -0.15) is 15.2 Å². The summed E-state index contributed by atoms with van der Waals surface area (Å²) in [5, 5.41) is 19.9. The molecule has 3 N–H and O–H groups in total. The lowest BCUT2D eigenvalue weighted by atomic mass is 10.3. The van der Waals surface area contributed by atoms with E-state index in [2.05, 4.69) is 41.0 Å². The molecule has 0 aromatic carbocycles. The van der Waals surface area contributed by atoms with Crippen LogP contribution in [-0.4, -0.2) is 79.7 Å². The first kappa shape index (κ1) is 24.2. The normalized spacial score (nSPS) is 14.6. The van der Waals surface area contributed by atoms with E-state index in [-0.39, 0.29) is 5.91 Å². The molecule has 190 valence electrons. The third-order valence-electron chi connectivity index (χ3n) is 5.94. The number of fused-ring (bicyclic) bond motifs is 1. The maximum atomic E-state index is 12.8. The van der Waals surface area contributed by atoms with E-state index in [9.17, 15) is 4.79 Å². The largest absolute Gasteiger partial charge is 0.380 e. The van der Waals surface area contributed by atoms with Crippen molar-refractivity contribution in [3.63, 3.8) is 0 Å². The number of carbonyl (C=O) groups is 1. The van der Waals surface area contributed by atoms with Crippen molar-refractivity contribution < 1.29 is 9.53 Å². The van der Waals surface area contributed by atoms with Gasteiger partial charge < -0.3 is 20.7 Å². The van der Waals surface area contributed by atoms with Gasteiger partial charge in [-0.3, -0.25) is 14.4 Å². The molecule has 36 heavy (non-hydrogen) atoms. The van der Waals surface area contributed by atoms with Crippen molar-refractivity contribution in [1.29, 1.82) is 0 Å². The molecule has 4 aromatic rings. The van der Waals surface area contributed by atoms with Crippen molar-refractivity contribution >= 4 is 50.7 Å². The summed E-state index contributed by atoms with van der Waals surface area (Å²) in [7, 11) is 3.69. The van der Waals surface area contributed by atoms with E-state index in [1.165, 1.54) is 11.3 Å². The summed E-state index contributed by atoms with van der Waals surface area (Å²) in [6.45, 7) is 6.88. The van der Waals surface area contributed by atoms with E-state index in [1.54, 1.807) is 21.8 Å². The van der Waals surface area contributed by atoms with Crippen molar-refractivity contribution in [2.75, 3.05) is 50.0 Å². The smallest absolute Gasteiger partial charge is 0.261 e. The summed E-state index contributed by atoms with van der Waals surface area (Å²) in [6.07, 6.45) is 6.32. The summed E-state index contributed by atoms with van der Waals surface area (Å²) in [5.74, 6) is 1.03. The zero-order chi connectivity index (χ0) is 25.1. The molecule has 1 fully saturated rings. The highest BCUT2D eigenvalue weighted by molar-refractivity contribution is 7.18. The lowest BCUT2D eigenvalue weighted by molar-refractivity contribution is 0.0951. The van der Waals surface area contributed by atoms with E-state index in [4.69, 9.17) is 4.74 Å². The van der Waals surface area contributed by atoms with Crippen LogP contribution in [0.25, 0.3) is 11.0 Å². The summed E-state index contributed by atoms with van der Waals surface area (Å²) in [5.41, 5.74) is 2.47. The molecule has 0 radical (unpaired) electrons. The van der Waals surface area contributed by atoms with Gasteiger partial charge in [0.15, 0.2) is 11.5 Å². The molecule has 0 aliphatic carbocycles. The maximum Gasteiger partial charge on any atom is 0.261 e. The van der Waals surface area contributed by atoms with Gasteiger partial charge in [0.05, 0.1) is 33.8 Å². The Hall–Kier alpha value is -3.55. The number of carbonyl (C=O) groups excluding carboxylic acids is 1. The third kappa shape index (κ3) is 5.48. The first-order chi connectivity index (χ1) is 17.5. The van der Waals surface area contributed by atoms with Crippen LogP contribution in [0.3, 0.4) is 0 Å². The van der Waals surface area contributed by atoms with Gasteiger partial charge in [0.1, 0.15) is 0 Å². The van der Waals surface area contributed by atoms with Crippen LogP contribution in [0, 0.1) is 6.92 Å². The second kappa shape index (κ2) is 10.6. The quantitative estimate of drug-likeness (QED) is 0.327.